The Balaban J connectivity index is 2.83. The van der Waals surface area contributed by atoms with Gasteiger partial charge in [0.2, 0.25) is 0 Å². The molecule has 0 radical (unpaired) electrons. The van der Waals surface area contributed by atoms with E-state index in [-0.39, 0.29) is 15.7 Å². The highest BCUT2D eigenvalue weighted by Crippen LogP contribution is 2.28. The van der Waals surface area contributed by atoms with E-state index >= 15 is 0 Å². The van der Waals surface area contributed by atoms with Crippen molar-refractivity contribution < 1.29 is 27.4 Å². The van der Waals surface area contributed by atoms with Crippen LogP contribution in [0.1, 0.15) is 5.56 Å². The summed E-state index contributed by atoms with van der Waals surface area (Å²) in [6.07, 6.45) is -4.71. The maximum Gasteiger partial charge on any atom is 0.573 e. The molecule has 0 aromatic heterocycles. The number of benzene rings is 1. The Labute approximate surface area is 109 Å². The van der Waals surface area contributed by atoms with Gasteiger partial charge in [0, 0.05) is 0 Å². The molecule has 0 aliphatic heterocycles. The van der Waals surface area contributed by atoms with Gasteiger partial charge in [-0.05, 0) is 40.3 Å². The highest BCUT2D eigenvalue weighted by atomic mass is 127. The van der Waals surface area contributed by atoms with Crippen molar-refractivity contribution in [2.45, 2.75) is 12.8 Å². The Kier molecular flexibility index (Phi) is 4.61. The summed E-state index contributed by atoms with van der Waals surface area (Å²) in [6.45, 7) is 0. The molecule has 7 heteroatoms. The van der Waals surface area contributed by atoms with E-state index in [4.69, 9.17) is 0 Å². The number of ether oxygens (including phenoxy) is 2. The summed E-state index contributed by atoms with van der Waals surface area (Å²) < 4.78 is 44.5. The molecule has 0 saturated carbocycles. The van der Waals surface area contributed by atoms with E-state index < -0.39 is 12.3 Å². The second-order valence-corrected chi connectivity index (χ2v) is 4.23. The van der Waals surface area contributed by atoms with Gasteiger partial charge in [0.1, 0.15) is 5.75 Å². The molecular weight excluding hydrogens is 352 g/mol. The number of hydrogen-bond donors (Lipinski definition) is 0. The summed E-state index contributed by atoms with van der Waals surface area (Å²) in [5.74, 6) is -0.739. The van der Waals surface area contributed by atoms with Gasteiger partial charge in [-0.2, -0.15) is 0 Å². The monoisotopic (exact) mass is 360 g/mol. The third kappa shape index (κ3) is 4.80. The third-order valence-electron chi connectivity index (χ3n) is 1.80. The van der Waals surface area contributed by atoms with E-state index in [1.165, 1.54) is 25.3 Å². The molecule has 1 aromatic rings. The van der Waals surface area contributed by atoms with Crippen molar-refractivity contribution in [3.05, 3.63) is 27.3 Å². The first kappa shape index (κ1) is 14.1. The van der Waals surface area contributed by atoms with Crippen molar-refractivity contribution in [2.75, 3.05) is 7.11 Å². The Hall–Kier alpha value is -0.990. The fourth-order valence-electron chi connectivity index (χ4n) is 1.10. The minimum atomic E-state index is -4.72. The number of halogens is 4. The number of hydrogen-bond acceptors (Lipinski definition) is 3. The number of methoxy groups -OCH3 is 1. The van der Waals surface area contributed by atoms with Crippen LogP contribution in [0.2, 0.25) is 0 Å². The Morgan fingerprint density at radius 1 is 1.41 bits per heavy atom. The van der Waals surface area contributed by atoms with E-state index in [0.717, 1.165) is 0 Å². The van der Waals surface area contributed by atoms with Crippen LogP contribution in [0.5, 0.6) is 5.75 Å². The molecule has 1 rings (SSSR count). The lowest BCUT2D eigenvalue weighted by Gasteiger charge is -2.11. The van der Waals surface area contributed by atoms with Gasteiger partial charge >= 0.3 is 12.3 Å². The lowest BCUT2D eigenvalue weighted by molar-refractivity contribution is -0.275. The first-order valence-electron chi connectivity index (χ1n) is 4.43. The Morgan fingerprint density at radius 3 is 2.53 bits per heavy atom. The smallest absolute Gasteiger partial charge is 0.469 e. The van der Waals surface area contributed by atoms with Crippen molar-refractivity contribution in [3.8, 4) is 5.75 Å². The maximum absolute atomic E-state index is 12.0. The molecule has 17 heavy (non-hydrogen) atoms. The summed E-state index contributed by atoms with van der Waals surface area (Å²) in [5.41, 5.74) is 0.566. The van der Waals surface area contributed by atoms with E-state index in [2.05, 4.69) is 9.47 Å². The van der Waals surface area contributed by atoms with E-state index in [9.17, 15) is 18.0 Å². The van der Waals surface area contributed by atoms with Crippen LogP contribution < -0.4 is 4.74 Å². The first-order valence-corrected chi connectivity index (χ1v) is 5.50. The first-order chi connectivity index (χ1) is 7.81. The van der Waals surface area contributed by atoms with Gasteiger partial charge in [-0.1, -0.05) is 6.07 Å². The molecule has 0 amide bonds. The molecule has 3 nitrogen and oxygen atoms in total. The van der Waals surface area contributed by atoms with Crippen LogP contribution in [0.15, 0.2) is 18.2 Å². The van der Waals surface area contributed by atoms with Crippen molar-refractivity contribution in [1.82, 2.24) is 0 Å². The van der Waals surface area contributed by atoms with Crippen molar-refractivity contribution >= 4 is 28.6 Å². The topological polar surface area (TPSA) is 35.5 Å². The molecule has 0 aliphatic carbocycles. The zero-order chi connectivity index (χ0) is 13.1. The van der Waals surface area contributed by atoms with E-state index in [0.29, 0.717) is 5.56 Å². The Bertz CT molecular complexity index is 418. The van der Waals surface area contributed by atoms with E-state index in [1.807, 2.05) is 0 Å². The molecule has 0 heterocycles. The summed E-state index contributed by atoms with van der Waals surface area (Å²) in [5, 5.41) is 0. The quantitative estimate of drug-likeness (QED) is 0.614. The average molecular weight is 360 g/mol. The van der Waals surface area contributed by atoms with Crippen LogP contribution in [0.4, 0.5) is 13.2 Å². The highest BCUT2D eigenvalue weighted by Gasteiger charge is 2.31. The fraction of sp³-hybridized carbons (Fsp3) is 0.300. The zero-order valence-electron chi connectivity index (χ0n) is 8.68. The molecule has 0 spiro atoms. The predicted octanol–water partition coefficient (Wildman–Crippen LogP) is 2.91. The van der Waals surface area contributed by atoms with Crippen LogP contribution in [0, 0.1) is 3.57 Å². The molecule has 0 N–H and O–H groups in total. The SMILES string of the molecule is COC(=O)Cc1ccc(OC(F)(F)F)c(I)c1. The number of esters is 1. The number of alkyl halides is 3. The van der Waals surface area contributed by atoms with Gasteiger partial charge < -0.3 is 9.47 Å². The number of rotatable bonds is 3. The maximum atomic E-state index is 12.0. The van der Waals surface area contributed by atoms with E-state index in [1.54, 1.807) is 22.6 Å². The van der Waals surface area contributed by atoms with Gasteiger partial charge in [-0.15, -0.1) is 13.2 Å². The highest BCUT2D eigenvalue weighted by molar-refractivity contribution is 14.1. The number of carbonyl (C=O) groups excluding carboxylic acids is 1. The minimum absolute atomic E-state index is 0.0127. The molecule has 0 aliphatic rings. The van der Waals surface area contributed by atoms with Crippen LogP contribution in [0.3, 0.4) is 0 Å². The molecule has 1 aromatic carbocycles. The molecule has 0 fully saturated rings. The fourth-order valence-corrected chi connectivity index (χ4v) is 1.79. The second-order valence-electron chi connectivity index (χ2n) is 3.07. The van der Waals surface area contributed by atoms with Gasteiger partial charge in [0.25, 0.3) is 0 Å². The van der Waals surface area contributed by atoms with Crippen LogP contribution in [-0.4, -0.2) is 19.4 Å². The van der Waals surface area contributed by atoms with Gasteiger partial charge in [-0.25, -0.2) is 0 Å². The molecule has 94 valence electrons. The minimum Gasteiger partial charge on any atom is -0.469 e. The molecule has 0 atom stereocenters. The standard InChI is InChI=1S/C10H8F3IO3/c1-16-9(15)5-6-2-3-8(7(14)4-6)17-10(11,12)13/h2-4H,5H2,1H3. The summed E-state index contributed by atoms with van der Waals surface area (Å²) in [6, 6.07) is 4.01. The molecular formula is C10H8F3IO3. The largest absolute Gasteiger partial charge is 0.573 e. The van der Waals surface area contributed by atoms with Crippen LogP contribution in [-0.2, 0) is 16.0 Å². The van der Waals surface area contributed by atoms with Crippen LogP contribution >= 0.6 is 22.6 Å². The van der Waals surface area contributed by atoms with Crippen molar-refractivity contribution in [1.29, 1.82) is 0 Å². The summed E-state index contributed by atoms with van der Waals surface area (Å²) in [7, 11) is 1.24. The zero-order valence-corrected chi connectivity index (χ0v) is 10.8. The normalized spacial score (nSPS) is 11.1. The molecule has 0 unspecified atom stereocenters. The second kappa shape index (κ2) is 5.56. The van der Waals surface area contributed by atoms with Crippen molar-refractivity contribution in [2.24, 2.45) is 0 Å². The van der Waals surface area contributed by atoms with Crippen LogP contribution in [0.25, 0.3) is 0 Å². The Morgan fingerprint density at radius 2 is 2.06 bits per heavy atom. The number of carbonyl (C=O) groups is 1. The lowest BCUT2D eigenvalue weighted by atomic mass is 10.1. The third-order valence-corrected chi connectivity index (χ3v) is 2.64. The average Bonchev–Trinajstić information content (AvgIpc) is 2.20. The molecule has 0 saturated heterocycles. The van der Waals surface area contributed by atoms with Crippen molar-refractivity contribution in [3.63, 3.8) is 0 Å². The van der Waals surface area contributed by atoms with Gasteiger partial charge in [0.05, 0.1) is 17.1 Å². The molecule has 0 bridgehead atoms. The lowest BCUT2D eigenvalue weighted by Crippen LogP contribution is -2.18. The predicted molar refractivity (Wildman–Crippen MR) is 61.6 cm³/mol. The van der Waals surface area contributed by atoms with Gasteiger partial charge in [0.15, 0.2) is 0 Å². The van der Waals surface area contributed by atoms with Gasteiger partial charge in [-0.3, -0.25) is 4.79 Å². The summed E-state index contributed by atoms with van der Waals surface area (Å²) in [4.78, 5) is 11.0. The summed E-state index contributed by atoms with van der Waals surface area (Å²) >= 11 is 1.71.